The summed E-state index contributed by atoms with van der Waals surface area (Å²) in [4.78, 5) is 37.2. The number of para-hydroxylation sites is 2. The van der Waals surface area contributed by atoms with Gasteiger partial charge in [0.25, 0.3) is 5.91 Å². The van der Waals surface area contributed by atoms with Crippen molar-refractivity contribution in [3.63, 3.8) is 0 Å². The molecule has 11 heteroatoms. The molecule has 1 amide bonds. The molecule has 1 atom stereocenters. The van der Waals surface area contributed by atoms with E-state index < -0.39 is 0 Å². The van der Waals surface area contributed by atoms with Crippen molar-refractivity contribution < 1.29 is 33.3 Å². The fraction of sp³-hybridized carbons (Fsp3) is 0.390. The van der Waals surface area contributed by atoms with Gasteiger partial charge < -0.3 is 38.1 Å². The summed E-state index contributed by atoms with van der Waals surface area (Å²) in [6.45, 7) is 3.93. The minimum Gasteiger partial charge on any atom is -0.493 e. The maximum absolute atomic E-state index is 14.1. The molecule has 2 saturated heterocycles. The van der Waals surface area contributed by atoms with Gasteiger partial charge in [0, 0.05) is 30.0 Å². The van der Waals surface area contributed by atoms with Crippen molar-refractivity contribution in [2.24, 2.45) is 5.92 Å². The van der Waals surface area contributed by atoms with Crippen LogP contribution in [0.1, 0.15) is 63.7 Å². The summed E-state index contributed by atoms with van der Waals surface area (Å²) in [5.41, 5.74) is 3.19. The number of Topliss-reactive ketones (excluding diaryl/α,β-unsaturated/α-hetero) is 1. The molecule has 2 aliphatic heterocycles. The first-order chi connectivity index (χ1) is 25.4. The van der Waals surface area contributed by atoms with E-state index in [1.54, 1.807) is 39.5 Å². The van der Waals surface area contributed by atoms with Gasteiger partial charge in [-0.25, -0.2) is 4.98 Å². The van der Waals surface area contributed by atoms with E-state index in [0.29, 0.717) is 59.8 Å². The number of hydrogen-bond donors (Lipinski definition) is 1. The maximum Gasteiger partial charge on any atom is 0.254 e. The van der Waals surface area contributed by atoms with Crippen LogP contribution >= 0.6 is 0 Å². The lowest BCUT2D eigenvalue weighted by Crippen LogP contribution is -2.41. The lowest BCUT2D eigenvalue weighted by Gasteiger charge is -2.36. The SMILES string of the molecule is COc1cc(C(=O)N2CC[C@@](CCN3CCC(C(=O)c4nc5ccccc5n4Cc4ccc(CO)o4)CC3)(c3ccccc3)C2)cc(OC)c1OC. The van der Waals surface area contributed by atoms with Gasteiger partial charge >= 0.3 is 0 Å². The highest BCUT2D eigenvalue weighted by molar-refractivity contribution is 5.98. The Kier molecular flexibility index (Phi) is 10.3. The third-order valence-corrected chi connectivity index (χ3v) is 10.9. The monoisotopic (exact) mass is 706 g/mol. The topological polar surface area (TPSA) is 120 Å². The van der Waals surface area contributed by atoms with Gasteiger partial charge in [0.2, 0.25) is 11.5 Å². The number of amides is 1. The van der Waals surface area contributed by atoms with Gasteiger partial charge in [0.1, 0.15) is 18.1 Å². The Labute approximate surface area is 303 Å². The molecular formula is C41H46N4O7. The van der Waals surface area contributed by atoms with E-state index in [2.05, 4.69) is 29.2 Å². The zero-order chi connectivity index (χ0) is 36.2. The van der Waals surface area contributed by atoms with Crippen LogP contribution < -0.4 is 14.2 Å². The summed E-state index contributed by atoms with van der Waals surface area (Å²) >= 11 is 0. The number of carbonyl (C=O) groups is 2. The van der Waals surface area contributed by atoms with Crippen molar-refractivity contribution in [1.82, 2.24) is 19.4 Å². The summed E-state index contributed by atoms with van der Waals surface area (Å²) in [5, 5.41) is 9.48. The van der Waals surface area contributed by atoms with Crippen LogP contribution in [0.25, 0.3) is 11.0 Å². The fourth-order valence-corrected chi connectivity index (χ4v) is 7.95. The highest BCUT2D eigenvalue weighted by atomic mass is 16.5. The van der Waals surface area contributed by atoms with Gasteiger partial charge in [-0.05, 0) is 87.3 Å². The largest absolute Gasteiger partial charge is 0.493 e. The number of methoxy groups -OCH3 is 3. The van der Waals surface area contributed by atoms with Crippen molar-refractivity contribution in [3.05, 3.63) is 107 Å². The first kappa shape index (κ1) is 35.3. The molecule has 2 aliphatic rings. The van der Waals surface area contributed by atoms with E-state index >= 15 is 0 Å². The average molecular weight is 707 g/mol. The number of hydrogen-bond acceptors (Lipinski definition) is 9. The number of benzene rings is 3. The molecule has 11 nitrogen and oxygen atoms in total. The summed E-state index contributed by atoms with van der Waals surface area (Å²) in [6.07, 6.45) is 3.25. The third-order valence-electron chi connectivity index (χ3n) is 10.9. The number of aliphatic hydroxyl groups excluding tert-OH is 1. The van der Waals surface area contributed by atoms with Crippen molar-refractivity contribution in [1.29, 1.82) is 0 Å². The maximum atomic E-state index is 14.1. The minimum atomic E-state index is -0.198. The lowest BCUT2D eigenvalue weighted by atomic mass is 9.76. The molecule has 7 rings (SSSR count). The smallest absolute Gasteiger partial charge is 0.254 e. The average Bonchev–Trinajstić information content (AvgIpc) is 3.95. The zero-order valence-electron chi connectivity index (χ0n) is 30.0. The number of nitrogens with zero attached hydrogens (tertiary/aromatic N) is 4. The summed E-state index contributed by atoms with van der Waals surface area (Å²) in [7, 11) is 4.65. The normalized spacial score (nSPS) is 18.2. The summed E-state index contributed by atoms with van der Waals surface area (Å²) in [6, 6.07) is 25.3. The van der Waals surface area contributed by atoms with Crippen LogP contribution in [0, 0.1) is 5.92 Å². The second kappa shape index (κ2) is 15.2. The number of piperidine rings is 1. The van der Waals surface area contributed by atoms with Crippen LogP contribution in [0.5, 0.6) is 17.2 Å². The molecule has 0 radical (unpaired) electrons. The first-order valence-corrected chi connectivity index (χ1v) is 17.9. The van der Waals surface area contributed by atoms with E-state index in [-0.39, 0.29) is 29.6 Å². The number of ether oxygens (including phenoxy) is 3. The van der Waals surface area contributed by atoms with Gasteiger partial charge in [-0.1, -0.05) is 42.5 Å². The fourth-order valence-electron chi connectivity index (χ4n) is 7.95. The van der Waals surface area contributed by atoms with Crippen molar-refractivity contribution in [2.75, 3.05) is 54.1 Å². The molecule has 52 heavy (non-hydrogen) atoms. The second-order valence-electron chi connectivity index (χ2n) is 13.8. The molecule has 1 N–H and O–H groups in total. The molecule has 2 aromatic heterocycles. The van der Waals surface area contributed by atoms with Crippen molar-refractivity contribution in [2.45, 2.75) is 44.2 Å². The Morgan fingerprint density at radius 2 is 1.58 bits per heavy atom. The standard InChI is InChI=1S/C41H46N4O7/c1-49-35-23-29(24-36(50-2)38(35)51-3)40(48)44-22-18-41(27-44,30-9-5-4-6-10-30)17-21-43-19-15-28(16-20-43)37(47)39-42-33-11-7-8-12-34(33)45(39)25-31-13-14-32(26-46)52-31/h4-14,23-24,28,46H,15-22,25-27H2,1-3H3/t41-/m1/s1. The molecule has 2 fully saturated rings. The molecule has 0 unspecified atom stereocenters. The Bertz CT molecular complexity index is 2010. The number of aromatic nitrogens is 2. The summed E-state index contributed by atoms with van der Waals surface area (Å²) in [5.74, 6) is 2.83. The zero-order valence-corrected chi connectivity index (χ0v) is 30.0. The number of fused-ring (bicyclic) bond motifs is 1. The lowest BCUT2D eigenvalue weighted by molar-refractivity contribution is 0.0777. The number of rotatable bonds is 13. The van der Waals surface area contributed by atoms with Crippen LogP contribution in [0.2, 0.25) is 0 Å². The van der Waals surface area contributed by atoms with Gasteiger partial charge in [0.15, 0.2) is 17.3 Å². The van der Waals surface area contributed by atoms with Crippen LogP contribution in [-0.2, 0) is 18.6 Å². The first-order valence-electron chi connectivity index (χ1n) is 17.9. The predicted molar refractivity (Wildman–Crippen MR) is 196 cm³/mol. The van der Waals surface area contributed by atoms with E-state index in [0.717, 1.165) is 56.4 Å². The van der Waals surface area contributed by atoms with Gasteiger partial charge in [-0.15, -0.1) is 0 Å². The highest BCUT2D eigenvalue weighted by Gasteiger charge is 2.42. The number of furan rings is 1. The quantitative estimate of drug-likeness (QED) is 0.148. The molecule has 0 saturated carbocycles. The molecule has 5 aromatic rings. The number of carbonyl (C=O) groups excluding carboxylic acids is 2. The Morgan fingerprint density at radius 3 is 2.25 bits per heavy atom. The van der Waals surface area contributed by atoms with Gasteiger partial charge in [-0.3, -0.25) is 9.59 Å². The number of imidazole rings is 1. The van der Waals surface area contributed by atoms with Crippen LogP contribution in [0.15, 0.2) is 83.3 Å². The molecule has 0 spiro atoms. The minimum absolute atomic E-state index is 0.0577. The molecular weight excluding hydrogens is 660 g/mol. The molecule has 4 heterocycles. The van der Waals surface area contributed by atoms with Gasteiger partial charge in [-0.2, -0.15) is 0 Å². The summed E-state index contributed by atoms with van der Waals surface area (Å²) < 4.78 is 24.2. The van der Waals surface area contributed by atoms with Crippen LogP contribution in [0.4, 0.5) is 0 Å². The van der Waals surface area contributed by atoms with E-state index in [4.69, 9.17) is 23.6 Å². The number of likely N-dealkylation sites (tertiary alicyclic amines) is 2. The Hall–Kier alpha value is -5.13. The van der Waals surface area contributed by atoms with Crippen LogP contribution in [-0.4, -0.2) is 90.2 Å². The molecule has 0 aliphatic carbocycles. The Morgan fingerprint density at radius 1 is 0.885 bits per heavy atom. The highest BCUT2D eigenvalue weighted by Crippen LogP contribution is 2.42. The van der Waals surface area contributed by atoms with Gasteiger partial charge in [0.05, 0.1) is 38.9 Å². The van der Waals surface area contributed by atoms with Crippen molar-refractivity contribution in [3.8, 4) is 17.2 Å². The van der Waals surface area contributed by atoms with Crippen LogP contribution in [0.3, 0.4) is 0 Å². The molecule has 3 aromatic carbocycles. The number of aliphatic hydroxyl groups is 1. The second-order valence-corrected chi connectivity index (χ2v) is 13.8. The molecule has 0 bridgehead atoms. The molecule has 272 valence electrons. The van der Waals surface area contributed by atoms with E-state index in [1.165, 1.54) is 5.56 Å². The van der Waals surface area contributed by atoms with E-state index in [9.17, 15) is 14.7 Å². The number of ketones is 1. The van der Waals surface area contributed by atoms with Crippen molar-refractivity contribution >= 4 is 22.7 Å². The third kappa shape index (κ3) is 6.90. The predicted octanol–water partition coefficient (Wildman–Crippen LogP) is 5.96. The van der Waals surface area contributed by atoms with E-state index in [1.807, 2.05) is 45.9 Å². The Balaban J connectivity index is 1.03.